The number of hydrogen-bond donors (Lipinski definition) is 1. The Morgan fingerprint density at radius 3 is 2.80 bits per heavy atom. The van der Waals surface area contributed by atoms with Crippen LogP contribution in [-0.4, -0.2) is 45.1 Å². The lowest BCUT2D eigenvalue weighted by Gasteiger charge is -2.32. The van der Waals surface area contributed by atoms with Gasteiger partial charge >= 0.3 is 0 Å². The molecule has 1 fully saturated rings. The van der Waals surface area contributed by atoms with Gasteiger partial charge in [-0.05, 0) is 37.1 Å². The summed E-state index contributed by atoms with van der Waals surface area (Å²) in [7, 11) is 0. The third kappa shape index (κ3) is 3.23. The Bertz CT molecular complexity index is 823. The van der Waals surface area contributed by atoms with Crippen LogP contribution < -0.4 is 5.32 Å². The van der Waals surface area contributed by atoms with Crippen LogP contribution in [0.25, 0.3) is 11.5 Å². The molecule has 1 aliphatic rings. The number of nitrogens with one attached hydrogen (secondary N) is 1. The molecular formula is C17H17N5O3. The van der Waals surface area contributed by atoms with Crippen molar-refractivity contribution in [3.63, 3.8) is 0 Å². The van der Waals surface area contributed by atoms with E-state index in [9.17, 15) is 4.79 Å². The summed E-state index contributed by atoms with van der Waals surface area (Å²) in [6.07, 6.45) is 6.11. The maximum atomic E-state index is 12.8. The van der Waals surface area contributed by atoms with Crippen molar-refractivity contribution in [2.75, 3.05) is 18.4 Å². The van der Waals surface area contributed by atoms with Gasteiger partial charge in [-0.15, -0.1) is 5.10 Å². The van der Waals surface area contributed by atoms with Gasteiger partial charge in [-0.2, -0.15) is 5.10 Å². The number of anilines is 1. The molecule has 4 heterocycles. The van der Waals surface area contributed by atoms with Crippen LogP contribution in [0.5, 0.6) is 0 Å². The van der Waals surface area contributed by atoms with E-state index in [0.717, 1.165) is 18.7 Å². The lowest BCUT2D eigenvalue weighted by molar-refractivity contribution is 0.0713. The molecule has 0 radical (unpaired) electrons. The van der Waals surface area contributed by atoms with Gasteiger partial charge in [0.1, 0.15) is 5.82 Å². The maximum Gasteiger partial charge on any atom is 0.276 e. The topological polar surface area (TPSA) is 97.3 Å². The molecule has 4 rings (SSSR count). The molecule has 25 heavy (non-hydrogen) atoms. The molecule has 0 saturated carbocycles. The number of likely N-dealkylation sites (tertiary alicyclic amines) is 1. The van der Waals surface area contributed by atoms with Crippen molar-refractivity contribution in [1.29, 1.82) is 0 Å². The first-order valence-electron chi connectivity index (χ1n) is 8.12. The van der Waals surface area contributed by atoms with Crippen molar-refractivity contribution >= 4 is 11.7 Å². The van der Waals surface area contributed by atoms with E-state index in [1.165, 1.54) is 12.7 Å². The van der Waals surface area contributed by atoms with Crippen molar-refractivity contribution in [3.05, 3.63) is 48.8 Å². The number of oxazole rings is 1. The minimum atomic E-state index is -0.141. The van der Waals surface area contributed by atoms with E-state index in [-0.39, 0.29) is 17.6 Å². The Morgan fingerprint density at radius 1 is 1.20 bits per heavy atom. The maximum absolute atomic E-state index is 12.8. The molecule has 3 aromatic heterocycles. The average Bonchev–Trinajstić information content (AvgIpc) is 3.34. The van der Waals surface area contributed by atoms with Crippen LogP contribution in [0.2, 0.25) is 0 Å². The number of amides is 1. The highest BCUT2D eigenvalue weighted by Crippen LogP contribution is 2.25. The Balaban J connectivity index is 1.40. The molecule has 8 heteroatoms. The number of carbonyl (C=O) groups is 1. The minimum absolute atomic E-state index is 0.141. The van der Waals surface area contributed by atoms with Crippen molar-refractivity contribution < 1.29 is 13.6 Å². The second-order valence-corrected chi connectivity index (χ2v) is 5.83. The molecule has 0 spiro atoms. The number of carbonyl (C=O) groups excluding carboxylic acids is 1. The van der Waals surface area contributed by atoms with E-state index in [2.05, 4.69) is 20.5 Å². The largest absolute Gasteiger partial charge is 0.461 e. The molecule has 0 atom stereocenters. The molecule has 1 amide bonds. The zero-order valence-corrected chi connectivity index (χ0v) is 13.5. The van der Waals surface area contributed by atoms with Crippen LogP contribution in [0.4, 0.5) is 5.82 Å². The van der Waals surface area contributed by atoms with Crippen LogP contribution in [0, 0.1) is 0 Å². The minimum Gasteiger partial charge on any atom is -0.461 e. The Hall–Kier alpha value is -3.16. The first-order chi connectivity index (χ1) is 12.3. The van der Waals surface area contributed by atoms with E-state index in [0.29, 0.717) is 24.6 Å². The van der Waals surface area contributed by atoms with Gasteiger partial charge in [0, 0.05) is 25.3 Å². The summed E-state index contributed by atoms with van der Waals surface area (Å²) in [6.45, 7) is 1.28. The molecule has 128 valence electrons. The fraction of sp³-hybridized carbons (Fsp3) is 0.294. The Morgan fingerprint density at radius 2 is 2.08 bits per heavy atom. The second kappa shape index (κ2) is 6.76. The fourth-order valence-corrected chi connectivity index (χ4v) is 2.95. The highest BCUT2D eigenvalue weighted by atomic mass is 16.4. The van der Waals surface area contributed by atoms with Crippen molar-refractivity contribution in [2.45, 2.75) is 18.9 Å². The van der Waals surface area contributed by atoms with Gasteiger partial charge < -0.3 is 19.1 Å². The molecule has 0 unspecified atom stereocenters. The predicted octanol–water partition coefficient (Wildman–Crippen LogP) is 2.44. The van der Waals surface area contributed by atoms with E-state index < -0.39 is 0 Å². The number of piperidine rings is 1. The van der Waals surface area contributed by atoms with Gasteiger partial charge in [0.05, 0.1) is 6.26 Å². The van der Waals surface area contributed by atoms with Crippen LogP contribution in [0.3, 0.4) is 0 Å². The SMILES string of the molecule is O=C(c1ncoc1-c1ccco1)N1CCC(Nc2cccnn2)CC1. The van der Waals surface area contributed by atoms with Gasteiger partial charge in [0.15, 0.2) is 17.8 Å². The second-order valence-electron chi connectivity index (χ2n) is 5.83. The monoisotopic (exact) mass is 339 g/mol. The van der Waals surface area contributed by atoms with Gasteiger partial charge in [0.2, 0.25) is 5.76 Å². The lowest BCUT2D eigenvalue weighted by atomic mass is 10.0. The number of furan rings is 1. The van der Waals surface area contributed by atoms with E-state index in [1.54, 1.807) is 23.2 Å². The fourth-order valence-electron chi connectivity index (χ4n) is 2.95. The van der Waals surface area contributed by atoms with Crippen molar-refractivity contribution in [3.8, 4) is 11.5 Å². The molecule has 0 aromatic carbocycles. The highest BCUT2D eigenvalue weighted by Gasteiger charge is 2.28. The zero-order valence-electron chi connectivity index (χ0n) is 13.5. The number of nitrogens with zero attached hydrogens (tertiary/aromatic N) is 4. The Labute approximate surface area is 143 Å². The molecule has 1 N–H and O–H groups in total. The molecule has 8 nitrogen and oxygen atoms in total. The van der Waals surface area contributed by atoms with Gasteiger partial charge in [-0.1, -0.05) is 0 Å². The highest BCUT2D eigenvalue weighted by molar-refractivity contribution is 5.97. The van der Waals surface area contributed by atoms with Crippen molar-refractivity contribution in [1.82, 2.24) is 20.1 Å². The zero-order chi connectivity index (χ0) is 17.1. The third-order valence-corrected chi connectivity index (χ3v) is 4.22. The number of aromatic nitrogens is 3. The lowest BCUT2D eigenvalue weighted by Crippen LogP contribution is -2.42. The summed E-state index contributed by atoms with van der Waals surface area (Å²) in [5, 5.41) is 11.2. The number of rotatable bonds is 4. The first kappa shape index (κ1) is 15.4. The van der Waals surface area contributed by atoms with E-state index in [4.69, 9.17) is 8.83 Å². The van der Waals surface area contributed by atoms with Crippen LogP contribution in [0.15, 0.2) is 52.0 Å². The van der Waals surface area contributed by atoms with Gasteiger partial charge in [-0.3, -0.25) is 4.79 Å². The van der Waals surface area contributed by atoms with Crippen LogP contribution >= 0.6 is 0 Å². The smallest absolute Gasteiger partial charge is 0.276 e. The van der Waals surface area contributed by atoms with Gasteiger partial charge in [-0.25, -0.2) is 4.98 Å². The summed E-state index contributed by atoms with van der Waals surface area (Å²) in [5.74, 6) is 1.48. The number of hydrogen-bond acceptors (Lipinski definition) is 7. The molecule has 0 bridgehead atoms. The van der Waals surface area contributed by atoms with E-state index >= 15 is 0 Å². The molecule has 1 saturated heterocycles. The summed E-state index contributed by atoms with van der Waals surface area (Å²) in [6, 6.07) is 7.48. The molecule has 3 aromatic rings. The Kier molecular flexibility index (Phi) is 4.16. The summed E-state index contributed by atoms with van der Waals surface area (Å²) >= 11 is 0. The van der Waals surface area contributed by atoms with Crippen molar-refractivity contribution in [2.24, 2.45) is 0 Å². The van der Waals surface area contributed by atoms with E-state index in [1.807, 2.05) is 12.1 Å². The summed E-state index contributed by atoms with van der Waals surface area (Å²) < 4.78 is 10.7. The van der Waals surface area contributed by atoms with Crippen LogP contribution in [-0.2, 0) is 0 Å². The molecule has 1 aliphatic heterocycles. The average molecular weight is 339 g/mol. The first-order valence-corrected chi connectivity index (χ1v) is 8.12. The van der Waals surface area contributed by atoms with Crippen LogP contribution in [0.1, 0.15) is 23.3 Å². The summed E-state index contributed by atoms with van der Waals surface area (Å²) in [4.78, 5) is 18.6. The normalized spacial score (nSPS) is 15.3. The summed E-state index contributed by atoms with van der Waals surface area (Å²) in [5.41, 5.74) is 0.287. The molecule has 0 aliphatic carbocycles. The quantitative estimate of drug-likeness (QED) is 0.779. The van der Waals surface area contributed by atoms with Gasteiger partial charge in [0.25, 0.3) is 5.91 Å². The predicted molar refractivity (Wildman–Crippen MR) is 88.8 cm³/mol. The third-order valence-electron chi connectivity index (χ3n) is 4.22. The standard InChI is InChI=1S/C17H17N5O3/c23-17(15-16(25-11-18-15)13-3-2-10-24-13)22-8-5-12(6-9-22)20-14-4-1-7-19-21-14/h1-4,7,10-12H,5-6,8-9H2,(H,20,21). The molecular weight excluding hydrogens is 322 g/mol.